The molecule has 104 valence electrons. The predicted molar refractivity (Wildman–Crippen MR) is 74.5 cm³/mol. The van der Waals surface area contributed by atoms with Crippen molar-refractivity contribution in [2.24, 2.45) is 0 Å². The molecule has 6 heteroatoms. The molecule has 1 amide bonds. The standard InChI is InChI=1S/C13H14ClFN2O.ClH/c14-11-2-1-9(15)7-10(11)12(18)17-6-5-16-8-13(17)3-4-13;/h1-2,7,16H,3-6,8H2;1H. The third kappa shape index (κ3) is 2.57. The van der Waals surface area contributed by atoms with Crippen molar-refractivity contribution in [1.82, 2.24) is 10.2 Å². The summed E-state index contributed by atoms with van der Waals surface area (Å²) in [5.74, 6) is -0.582. The number of nitrogens with zero attached hydrogens (tertiary/aromatic N) is 1. The van der Waals surface area contributed by atoms with Crippen LogP contribution in [0.5, 0.6) is 0 Å². The Balaban J connectivity index is 0.00000133. The van der Waals surface area contributed by atoms with Crippen molar-refractivity contribution < 1.29 is 9.18 Å². The van der Waals surface area contributed by atoms with E-state index in [2.05, 4.69) is 5.32 Å². The number of rotatable bonds is 1. The quantitative estimate of drug-likeness (QED) is 0.864. The van der Waals surface area contributed by atoms with E-state index in [1.165, 1.54) is 18.2 Å². The molecule has 1 aromatic carbocycles. The number of benzene rings is 1. The average Bonchev–Trinajstić information content (AvgIpc) is 3.12. The highest BCUT2D eigenvalue weighted by Gasteiger charge is 2.51. The number of carbonyl (C=O) groups is 1. The monoisotopic (exact) mass is 304 g/mol. The first-order valence-corrected chi connectivity index (χ1v) is 6.48. The fourth-order valence-corrected chi connectivity index (χ4v) is 2.76. The number of nitrogens with one attached hydrogen (secondary N) is 1. The van der Waals surface area contributed by atoms with Crippen LogP contribution in [0.2, 0.25) is 5.02 Å². The second-order valence-corrected chi connectivity index (χ2v) is 5.39. The molecule has 1 saturated carbocycles. The van der Waals surface area contributed by atoms with Crippen molar-refractivity contribution in [2.75, 3.05) is 19.6 Å². The highest BCUT2D eigenvalue weighted by Crippen LogP contribution is 2.43. The molecule has 3 rings (SSSR count). The molecule has 0 atom stereocenters. The van der Waals surface area contributed by atoms with E-state index in [0.29, 0.717) is 11.6 Å². The summed E-state index contributed by atoms with van der Waals surface area (Å²) in [5.41, 5.74) is 0.218. The number of hydrogen-bond acceptors (Lipinski definition) is 2. The van der Waals surface area contributed by atoms with E-state index in [1.54, 1.807) is 0 Å². The van der Waals surface area contributed by atoms with E-state index < -0.39 is 5.82 Å². The summed E-state index contributed by atoms with van der Waals surface area (Å²) in [4.78, 5) is 14.3. The van der Waals surface area contributed by atoms with Gasteiger partial charge in [0, 0.05) is 19.6 Å². The van der Waals surface area contributed by atoms with Crippen molar-refractivity contribution in [3.8, 4) is 0 Å². The van der Waals surface area contributed by atoms with Crippen LogP contribution in [0.15, 0.2) is 18.2 Å². The molecule has 0 aromatic heterocycles. The fraction of sp³-hybridized carbons (Fsp3) is 0.462. The van der Waals surface area contributed by atoms with E-state index in [9.17, 15) is 9.18 Å². The molecule has 1 heterocycles. The molecule has 3 nitrogen and oxygen atoms in total. The van der Waals surface area contributed by atoms with Gasteiger partial charge in [0.25, 0.3) is 5.91 Å². The summed E-state index contributed by atoms with van der Waals surface area (Å²) in [6, 6.07) is 3.93. The van der Waals surface area contributed by atoms with Crippen molar-refractivity contribution >= 4 is 29.9 Å². The van der Waals surface area contributed by atoms with Gasteiger partial charge in [-0.05, 0) is 31.0 Å². The molecule has 1 N–H and O–H groups in total. The topological polar surface area (TPSA) is 32.3 Å². The molecule has 1 spiro atoms. The third-order valence-corrected chi connectivity index (χ3v) is 4.10. The van der Waals surface area contributed by atoms with Crippen molar-refractivity contribution in [3.05, 3.63) is 34.6 Å². The van der Waals surface area contributed by atoms with Crippen LogP contribution in [-0.2, 0) is 0 Å². The maximum absolute atomic E-state index is 13.2. The zero-order chi connectivity index (χ0) is 12.8. The Morgan fingerprint density at radius 2 is 2.16 bits per heavy atom. The fourth-order valence-electron chi connectivity index (χ4n) is 2.56. The van der Waals surface area contributed by atoms with Crippen molar-refractivity contribution in [2.45, 2.75) is 18.4 Å². The molecule has 1 saturated heterocycles. The van der Waals surface area contributed by atoms with Crippen LogP contribution in [0.4, 0.5) is 4.39 Å². The summed E-state index contributed by atoms with van der Waals surface area (Å²) in [7, 11) is 0. The van der Waals surface area contributed by atoms with E-state index in [4.69, 9.17) is 11.6 Å². The van der Waals surface area contributed by atoms with Crippen LogP contribution in [0.3, 0.4) is 0 Å². The minimum atomic E-state index is -0.428. The molecule has 1 aliphatic carbocycles. The molecule has 1 aromatic rings. The van der Waals surface area contributed by atoms with Crippen LogP contribution < -0.4 is 5.32 Å². The Morgan fingerprint density at radius 3 is 2.84 bits per heavy atom. The Bertz CT molecular complexity index is 505. The van der Waals surface area contributed by atoms with Crippen molar-refractivity contribution in [1.29, 1.82) is 0 Å². The zero-order valence-corrected chi connectivity index (χ0v) is 11.9. The number of halogens is 3. The molecule has 0 unspecified atom stereocenters. The van der Waals surface area contributed by atoms with Gasteiger partial charge in [-0.2, -0.15) is 0 Å². The van der Waals surface area contributed by atoms with Crippen molar-refractivity contribution in [3.63, 3.8) is 0 Å². The Morgan fingerprint density at radius 1 is 1.42 bits per heavy atom. The highest BCUT2D eigenvalue weighted by atomic mass is 35.5. The van der Waals surface area contributed by atoms with Gasteiger partial charge in [-0.25, -0.2) is 4.39 Å². The Labute approximate surface area is 122 Å². The smallest absolute Gasteiger partial charge is 0.256 e. The van der Waals surface area contributed by atoms with Gasteiger partial charge < -0.3 is 10.2 Å². The summed E-state index contributed by atoms with van der Waals surface area (Å²) < 4.78 is 13.2. The largest absolute Gasteiger partial charge is 0.330 e. The first kappa shape index (κ1) is 14.6. The van der Waals surface area contributed by atoms with Gasteiger partial charge in [-0.1, -0.05) is 11.6 Å². The number of piperazine rings is 1. The van der Waals surface area contributed by atoms with Gasteiger partial charge in [0.05, 0.1) is 16.1 Å². The van der Waals surface area contributed by atoms with E-state index in [0.717, 1.165) is 25.9 Å². The maximum atomic E-state index is 13.2. The zero-order valence-electron chi connectivity index (χ0n) is 10.3. The molecule has 19 heavy (non-hydrogen) atoms. The van der Waals surface area contributed by atoms with Crippen LogP contribution in [-0.4, -0.2) is 36.0 Å². The second kappa shape index (κ2) is 5.27. The molecular weight excluding hydrogens is 290 g/mol. The van der Waals surface area contributed by atoms with Gasteiger partial charge in [0.15, 0.2) is 0 Å². The number of hydrogen-bond donors (Lipinski definition) is 1. The van der Waals surface area contributed by atoms with Crippen LogP contribution in [0.1, 0.15) is 23.2 Å². The normalized spacial score (nSPS) is 20.0. The lowest BCUT2D eigenvalue weighted by atomic mass is 10.1. The summed E-state index contributed by atoms with van der Waals surface area (Å²) in [6.07, 6.45) is 2.03. The SMILES string of the molecule is Cl.O=C(c1cc(F)ccc1Cl)N1CCNCC12CC2. The maximum Gasteiger partial charge on any atom is 0.256 e. The van der Waals surface area contributed by atoms with Gasteiger partial charge in [-0.15, -0.1) is 12.4 Å². The Hall–Kier alpha value is -0.840. The lowest BCUT2D eigenvalue weighted by Gasteiger charge is -2.37. The molecule has 2 fully saturated rings. The third-order valence-electron chi connectivity index (χ3n) is 3.77. The summed E-state index contributed by atoms with van der Waals surface area (Å²) in [5, 5.41) is 3.61. The lowest BCUT2D eigenvalue weighted by Crippen LogP contribution is -2.55. The van der Waals surface area contributed by atoms with Crippen LogP contribution in [0.25, 0.3) is 0 Å². The van der Waals surface area contributed by atoms with Gasteiger partial charge in [0.1, 0.15) is 5.82 Å². The molecule has 1 aliphatic heterocycles. The lowest BCUT2D eigenvalue weighted by molar-refractivity contribution is 0.0600. The first-order chi connectivity index (χ1) is 8.62. The highest BCUT2D eigenvalue weighted by molar-refractivity contribution is 6.33. The minimum Gasteiger partial charge on any atom is -0.330 e. The summed E-state index contributed by atoms with van der Waals surface area (Å²) >= 11 is 5.99. The first-order valence-electron chi connectivity index (χ1n) is 6.10. The van der Waals surface area contributed by atoms with E-state index in [-0.39, 0.29) is 29.4 Å². The predicted octanol–water partition coefficient (Wildman–Crippen LogP) is 2.48. The molecular formula is C13H15Cl2FN2O. The van der Waals surface area contributed by atoms with E-state index >= 15 is 0 Å². The summed E-state index contributed by atoms with van der Waals surface area (Å²) in [6.45, 7) is 2.26. The average molecular weight is 305 g/mol. The molecule has 0 radical (unpaired) electrons. The molecule has 2 aliphatic rings. The second-order valence-electron chi connectivity index (χ2n) is 4.98. The van der Waals surface area contributed by atoms with Crippen LogP contribution >= 0.6 is 24.0 Å². The van der Waals surface area contributed by atoms with Gasteiger partial charge >= 0.3 is 0 Å². The van der Waals surface area contributed by atoms with Gasteiger partial charge in [-0.3, -0.25) is 4.79 Å². The van der Waals surface area contributed by atoms with Gasteiger partial charge in [0.2, 0.25) is 0 Å². The number of carbonyl (C=O) groups excluding carboxylic acids is 1. The number of amides is 1. The molecule has 0 bridgehead atoms. The van der Waals surface area contributed by atoms with Crippen LogP contribution in [0, 0.1) is 5.82 Å². The minimum absolute atomic E-state index is 0. The van der Waals surface area contributed by atoms with E-state index in [1.807, 2.05) is 4.90 Å². The Kier molecular flexibility index (Phi) is 4.04.